The van der Waals surface area contributed by atoms with Crippen LogP contribution in [0.25, 0.3) is 0 Å². The number of benzene rings is 1. The summed E-state index contributed by atoms with van der Waals surface area (Å²) in [7, 11) is 1.26. The van der Waals surface area contributed by atoms with E-state index in [2.05, 4.69) is 4.74 Å². The fourth-order valence-corrected chi connectivity index (χ4v) is 1.91. The van der Waals surface area contributed by atoms with Crippen molar-refractivity contribution in [2.24, 2.45) is 0 Å². The molecule has 0 bridgehead atoms. The van der Waals surface area contributed by atoms with E-state index in [1.54, 1.807) is 24.3 Å². The highest BCUT2D eigenvalue weighted by Gasteiger charge is 2.10. The lowest BCUT2D eigenvalue weighted by Crippen LogP contribution is -2.09. The minimum absolute atomic E-state index is 0.194. The van der Waals surface area contributed by atoms with Gasteiger partial charge in [0.15, 0.2) is 5.78 Å². The van der Waals surface area contributed by atoms with E-state index in [0.29, 0.717) is 5.56 Å². The van der Waals surface area contributed by atoms with Crippen molar-refractivity contribution in [3.05, 3.63) is 35.9 Å². The fraction of sp³-hybridized carbons (Fsp3) is 0.438. The third-order valence-electron chi connectivity index (χ3n) is 3.09. The van der Waals surface area contributed by atoms with Crippen LogP contribution in [0.2, 0.25) is 0 Å². The molecule has 0 atom stereocenters. The van der Waals surface area contributed by atoms with Gasteiger partial charge in [-0.15, -0.1) is 0 Å². The maximum atomic E-state index is 11.3. The monoisotopic (exact) mass is 275 g/mol. The number of rotatable bonds is 3. The van der Waals surface area contributed by atoms with Crippen LogP contribution in [0.3, 0.4) is 0 Å². The first-order chi connectivity index (χ1) is 9.63. The Hall–Kier alpha value is -1.97. The highest BCUT2D eigenvalue weighted by atomic mass is 16.5. The molecule has 1 saturated carbocycles. The number of carbonyl (C=O) groups is 2. The van der Waals surface area contributed by atoms with Gasteiger partial charge in [-0.25, -0.2) is 0 Å². The third kappa shape index (κ3) is 6.27. The predicted octanol–water partition coefficient (Wildman–Crippen LogP) is 3.40. The van der Waals surface area contributed by atoms with Crippen LogP contribution < -0.4 is 0 Å². The molecule has 2 rings (SSSR count). The lowest BCUT2D eigenvalue weighted by atomic mass is 9.99. The van der Waals surface area contributed by atoms with Crippen molar-refractivity contribution < 1.29 is 14.3 Å². The molecule has 1 aromatic carbocycles. The van der Waals surface area contributed by atoms with Crippen LogP contribution >= 0.6 is 0 Å². The minimum Gasteiger partial charge on any atom is -0.469 e. The molecule has 0 aliphatic heterocycles. The Kier molecular flexibility index (Phi) is 7.25. The minimum atomic E-state index is -0.506. The Bertz CT molecular complexity index is 446. The van der Waals surface area contributed by atoms with Crippen molar-refractivity contribution in [1.29, 1.82) is 5.41 Å². The molecule has 4 heteroatoms. The van der Waals surface area contributed by atoms with Crippen LogP contribution in [0.15, 0.2) is 30.3 Å². The van der Waals surface area contributed by atoms with Crippen molar-refractivity contribution in [2.75, 3.05) is 7.11 Å². The van der Waals surface area contributed by atoms with Crippen molar-refractivity contribution in [3.63, 3.8) is 0 Å². The summed E-state index contributed by atoms with van der Waals surface area (Å²) in [6.07, 6.45) is 5.82. The summed E-state index contributed by atoms with van der Waals surface area (Å²) in [5, 5.41) is 7.19. The predicted molar refractivity (Wildman–Crippen MR) is 78.2 cm³/mol. The molecule has 0 amide bonds. The molecule has 0 unspecified atom stereocenters. The van der Waals surface area contributed by atoms with Gasteiger partial charge in [-0.2, -0.15) is 0 Å². The second kappa shape index (κ2) is 9.02. The lowest BCUT2D eigenvalue weighted by molar-refractivity contribution is -0.139. The molecule has 0 radical (unpaired) electrons. The smallest absolute Gasteiger partial charge is 0.313 e. The van der Waals surface area contributed by atoms with E-state index in [1.165, 1.54) is 26.4 Å². The van der Waals surface area contributed by atoms with E-state index in [1.807, 2.05) is 6.07 Å². The standard InChI is InChI=1S/C10H10O3.C6H11N/c1-13-10(12)7-9(11)8-5-3-2-4-6-8;7-6-4-2-1-3-5-6/h2-6H,7H2,1H3;7H,1-5H2. The van der Waals surface area contributed by atoms with Crippen LogP contribution in [0.5, 0.6) is 0 Å². The Balaban J connectivity index is 0.000000240. The molecule has 0 aromatic heterocycles. The van der Waals surface area contributed by atoms with E-state index in [0.717, 1.165) is 18.6 Å². The Labute approximate surface area is 119 Å². The molecule has 20 heavy (non-hydrogen) atoms. The second-order valence-electron chi connectivity index (χ2n) is 4.71. The molecular weight excluding hydrogens is 254 g/mol. The quantitative estimate of drug-likeness (QED) is 0.522. The number of hydrogen-bond donors (Lipinski definition) is 1. The Morgan fingerprint density at radius 1 is 1.10 bits per heavy atom. The highest BCUT2D eigenvalue weighted by Crippen LogP contribution is 2.12. The number of ether oxygens (including phenoxy) is 1. The van der Waals surface area contributed by atoms with Crippen molar-refractivity contribution in [1.82, 2.24) is 0 Å². The summed E-state index contributed by atoms with van der Waals surface area (Å²) < 4.78 is 4.38. The number of ketones is 1. The molecule has 1 aliphatic rings. The first-order valence-electron chi connectivity index (χ1n) is 6.85. The summed E-state index contributed by atoms with van der Waals surface area (Å²) in [5.41, 5.74) is 1.50. The van der Waals surface area contributed by atoms with Gasteiger partial charge in [-0.05, 0) is 25.7 Å². The zero-order valence-corrected chi connectivity index (χ0v) is 11.9. The summed E-state index contributed by atoms with van der Waals surface area (Å²) in [6.45, 7) is 0. The largest absolute Gasteiger partial charge is 0.469 e. The number of methoxy groups -OCH3 is 1. The molecule has 1 aliphatic carbocycles. The normalized spacial score (nSPS) is 13.9. The average Bonchev–Trinajstić information content (AvgIpc) is 2.49. The highest BCUT2D eigenvalue weighted by molar-refractivity contribution is 6.05. The van der Waals surface area contributed by atoms with E-state index in [9.17, 15) is 9.59 Å². The Morgan fingerprint density at radius 2 is 1.70 bits per heavy atom. The van der Waals surface area contributed by atoms with Gasteiger partial charge in [0.05, 0.1) is 7.11 Å². The summed E-state index contributed by atoms with van der Waals surface area (Å²) in [6, 6.07) is 8.67. The summed E-state index contributed by atoms with van der Waals surface area (Å²) in [5.74, 6) is -0.721. The molecule has 0 saturated heterocycles. The first kappa shape index (κ1) is 16.1. The summed E-state index contributed by atoms with van der Waals surface area (Å²) >= 11 is 0. The topological polar surface area (TPSA) is 67.2 Å². The van der Waals surface area contributed by atoms with Gasteiger partial charge in [-0.3, -0.25) is 9.59 Å². The molecular formula is C16H21NO3. The van der Waals surface area contributed by atoms with Gasteiger partial charge in [0.2, 0.25) is 0 Å². The van der Waals surface area contributed by atoms with E-state index < -0.39 is 5.97 Å². The van der Waals surface area contributed by atoms with Crippen molar-refractivity contribution in [3.8, 4) is 0 Å². The number of carbonyl (C=O) groups excluding carboxylic acids is 2. The first-order valence-corrected chi connectivity index (χ1v) is 6.85. The maximum Gasteiger partial charge on any atom is 0.313 e. The van der Waals surface area contributed by atoms with Gasteiger partial charge < -0.3 is 10.1 Å². The maximum absolute atomic E-state index is 11.3. The number of esters is 1. The zero-order chi connectivity index (χ0) is 14.8. The molecule has 108 valence electrons. The SMILES string of the molecule is COC(=O)CC(=O)c1ccccc1.N=C1CCCCC1. The second-order valence-corrected chi connectivity index (χ2v) is 4.71. The van der Waals surface area contributed by atoms with Gasteiger partial charge in [0.25, 0.3) is 0 Å². The van der Waals surface area contributed by atoms with Gasteiger partial charge in [0.1, 0.15) is 6.42 Å². The van der Waals surface area contributed by atoms with Crippen LogP contribution in [0, 0.1) is 5.41 Å². The number of nitrogens with one attached hydrogen (secondary N) is 1. The van der Waals surface area contributed by atoms with Crippen molar-refractivity contribution in [2.45, 2.75) is 38.5 Å². The molecule has 4 nitrogen and oxygen atoms in total. The number of hydrogen-bond acceptors (Lipinski definition) is 4. The lowest BCUT2D eigenvalue weighted by Gasteiger charge is -2.08. The van der Waals surface area contributed by atoms with Crippen LogP contribution in [0.4, 0.5) is 0 Å². The van der Waals surface area contributed by atoms with Crippen LogP contribution in [-0.4, -0.2) is 24.6 Å². The number of Topliss-reactive ketones (excluding diaryl/α,β-unsaturated/α-hetero) is 1. The zero-order valence-electron chi connectivity index (χ0n) is 11.9. The van der Waals surface area contributed by atoms with Crippen molar-refractivity contribution >= 4 is 17.5 Å². The Morgan fingerprint density at radius 3 is 2.15 bits per heavy atom. The fourth-order valence-electron chi connectivity index (χ4n) is 1.91. The van der Waals surface area contributed by atoms with Gasteiger partial charge in [0, 0.05) is 11.3 Å². The van der Waals surface area contributed by atoms with Gasteiger partial charge >= 0.3 is 5.97 Å². The van der Waals surface area contributed by atoms with E-state index >= 15 is 0 Å². The third-order valence-corrected chi connectivity index (χ3v) is 3.09. The van der Waals surface area contributed by atoms with E-state index in [4.69, 9.17) is 5.41 Å². The van der Waals surface area contributed by atoms with E-state index in [-0.39, 0.29) is 12.2 Å². The summed E-state index contributed by atoms with van der Waals surface area (Å²) in [4.78, 5) is 22.1. The molecule has 1 fully saturated rings. The molecule has 1 aromatic rings. The van der Waals surface area contributed by atoms with Gasteiger partial charge in [-0.1, -0.05) is 36.8 Å². The average molecular weight is 275 g/mol. The molecule has 0 spiro atoms. The molecule has 0 heterocycles. The molecule has 1 N–H and O–H groups in total. The van der Waals surface area contributed by atoms with Crippen LogP contribution in [0.1, 0.15) is 48.9 Å². The van der Waals surface area contributed by atoms with Crippen LogP contribution in [-0.2, 0) is 9.53 Å².